The van der Waals surface area contributed by atoms with E-state index in [9.17, 15) is 0 Å². The average molecular weight is 350 g/mol. The number of piperazine rings is 1. The van der Waals surface area contributed by atoms with Gasteiger partial charge in [0.25, 0.3) is 0 Å². The molecule has 1 fully saturated rings. The first-order chi connectivity index (χ1) is 12.8. The van der Waals surface area contributed by atoms with Crippen LogP contribution in [0.15, 0.2) is 47.2 Å². The Kier molecular flexibility index (Phi) is 4.88. The minimum Gasteiger partial charge on any atom is -0.339 e. The molecule has 0 atom stereocenters. The Bertz CT molecular complexity index is 825. The average Bonchev–Trinajstić information content (AvgIpc) is 3.17. The Morgan fingerprint density at radius 1 is 1.00 bits per heavy atom. The first-order valence-electron chi connectivity index (χ1n) is 8.92. The van der Waals surface area contributed by atoms with Gasteiger partial charge in [-0.3, -0.25) is 4.90 Å². The van der Waals surface area contributed by atoms with Crippen molar-refractivity contribution >= 4 is 5.95 Å². The van der Waals surface area contributed by atoms with E-state index < -0.39 is 0 Å². The molecule has 0 spiro atoms. The van der Waals surface area contributed by atoms with E-state index in [1.165, 1.54) is 5.56 Å². The van der Waals surface area contributed by atoms with Crippen LogP contribution in [0.4, 0.5) is 5.95 Å². The Hall–Kier alpha value is -2.80. The summed E-state index contributed by atoms with van der Waals surface area (Å²) in [6.07, 6.45) is 4.34. The quantitative estimate of drug-likeness (QED) is 0.698. The van der Waals surface area contributed by atoms with Gasteiger partial charge in [-0.25, -0.2) is 9.97 Å². The van der Waals surface area contributed by atoms with Gasteiger partial charge in [-0.15, -0.1) is 0 Å². The number of nitrogens with zero attached hydrogens (tertiary/aromatic N) is 6. The van der Waals surface area contributed by atoms with Gasteiger partial charge < -0.3 is 9.42 Å². The van der Waals surface area contributed by atoms with Crippen LogP contribution < -0.4 is 4.90 Å². The Morgan fingerprint density at radius 2 is 1.73 bits per heavy atom. The zero-order valence-electron chi connectivity index (χ0n) is 14.9. The lowest BCUT2D eigenvalue weighted by atomic mass is 10.1. The molecule has 4 rings (SSSR count). The van der Waals surface area contributed by atoms with Gasteiger partial charge in [0, 0.05) is 57.1 Å². The third kappa shape index (κ3) is 3.88. The number of hydrogen-bond donors (Lipinski definition) is 0. The molecule has 26 heavy (non-hydrogen) atoms. The molecule has 3 aromatic rings. The molecule has 0 aliphatic carbocycles. The van der Waals surface area contributed by atoms with Gasteiger partial charge in [0.15, 0.2) is 0 Å². The summed E-state index contributed by atoms with van der Waals surface area (Å²) in [6.45, 7) is 6.81. The number of rotatable bonds is 5. The van der Waals surface area contributed by atoms with Gasteiger partial charge in [-0.1, -0.05) is 35.0 Å². The highest BCUT2D eigenvalue weighted by Crippen LogP contribution is 2.17. The fourth-order valence-corrected chi connectivity index (χ4v) is 3.06. The molecular formula is C19H22N6O. The van der Waals surface area contributed by atoms with Crippen LogP contribution >= 0.6 is 0 Å². The molecule has 7 nitrogen and oxygen atoms in total. The van der Waals surface area contributed by atoms with Crippen molar-refractivity contribution in [2.75, 3.05) is 37.6 Å². The number of hydrogen-bond acceptors (Lipinski definition) is 7. The van der Waals surface area contributed by atoms with Crippen molar-refractivity contribution in [3.63, 3.8) is 0 Å². The van der Waals surface area contributed by atoms with E-state index in [-0.39, 0.29) is 0 Å². The molecule has 0 radical (unpaired) electrons. The molecule has 0 bridgehead atoms. The van der Waals surface area contributed by atoms with E-state index in [0.29, 0.717) is 11.7 Å². The second kappa shape index (κ2) is 7.61. The van der Waals surface area contributed by atoms with E-state index in [2.05, 4.69) is 49.0 Å². The fourth-order valence-electron chi connectivity index (χ4n) is 3.06. The predicted octanol–water partition coefficient (Wildman–Crippen LogP) is 2.20. The van der Waals surface area contributed by atoms with Gasteiger partial charge >= 0.3 is 0 Å². The van der Waals surface area contributed by atoms with Crippen molar-refractivity contribution in [3.05, 3.63) is 54.2 Å². The lowest BCUT2D eigenvalue weighted by Gasteiger charge is -2.34. The topological polar surface area (TPSA) is 71.2 Å². The van der Waals surface area contributed by atoms with Crippen molar-refractivity contribution in [1.82, 2.24) is 25.0 Å². The van der Waals surface area contributed by atoms with Crippen LogP contribution in [0.3, 0.4) is 0 Å². The highest BCUT2D eigenvalue weighted by atomic mass is 16.5. The second-order valence-electron chi connectivity index (χ2n) is 6.51. The number of aryl methyl sites for hydroxylation is 1. The SMILES string of the molecule is Cc1ccc(-c2noc(CCN3CCN(c4ncccn4)CC3)n2)cc1. The summed E-state index contributed by atoms with van der Waals surface area (Å²) in [5, 5.41) is 4.10. The van der Waals surface area contributed by atoms with E-state index in [4.69, 9.17) is 4.52 Å². The van der Waals surface area contributed by atoms with Crippen LogP contribution in [0.25, 0.3) is 11.4 Å². The second-order valence-corrected chi connectivity index (χ2v) is 6.51. The van der Waals surface area contributed by atoms with Crippen molar-refractivity contribution in [1.29, 1.82) is 0 Å². The monoisotopic (exact) mass is 350 g/mol. The maximum absolute atomic E-state index is 5.41. The molecule has 0 N–H and O–H groups in total. The first kappa shape index (κ1) is 16.7. The van der Waals surface area contributed by atoms with Crippen LogP contribution in [0.2, 0.25) is 0 Å². The molecular weight excluding hydrogens is 328 g/mol. The molecule has 2 aromatic heterocycles. The summed E-state index contributed by atoms with van der Waals surface area (Å²) in [5.74, 6) is 2.16. The van der Waals surface area contributed by atoms with Crippen LogP contribution in [0.5, 0.6) is 0 Å². The smallest absolute Gasteiger partial charge is 0.228 e. The maximum atomic E-state index is 5.41. The summed E-state index contributed by atoms with van der Waals surface area (Å²) < 4.78 is 5.41. The lowest BCUT2D eigenvalue weighted by molar-refractivity contribution is 0.248. The summed E-state index contributed by atoms with van der Waals surface area (Å²) in [4.78, 5) is 17.8. The van der Waals surface area contributed by atoms with Gasteiger partial charge in [0.05, 0.1) is 0 Å². The molecule has 1 saturated heterocycles. The normalized spacial score (nSPS) is 15.3. The molecule has 1 aromatic carbocycles. The molecule has 0 saturated carbocycles. The summed E-state index contributed by atoms with van der Waals surface area (Å²) in [6, 6.07) is 10.0. The number of aromatic nitrogens is 4. The van der Waals surface area contributed by atoms with E-state index in [0.717, 1.165) is 50.7 Å². The third-order valence-electron chi connectivity index (χ3n) is 4.63. The van der Waals surface area contributed by atoms with Gasteiger partial charge in [0.2, 0.25) is 17.7 Å². The molecule has 0 amide bonds. The fraction of sp³-hybridized carbons (Fsp3) is 0.368. The number of anilines is 1. The Labute approximate surface area is 152 Å². The molecule has 7 heteroatoms. The highest BCUT2D eigenvalue weighted by molar-refractivity contribution is 5.54. The van der Waals surface area contributed by atoms with Gasteiger partial charge in [-0.2, -0.15) is 4.98 Å². The van der Waals surface area contributed by atoms with E-state index in [1.54, 1.807) is 12.4 Å². The summed E-state index contributed by atoms with van der Waals surface area (Å²) in [5.41, 5.74) is 2.21. The molecule has 1 aliphatic rings. The van der Waals surface area contributed by atoms with Gasteiger partial charge in [-0.05, 0) is 13.0 Å². The zero-order valence-corrected chi connectivity index (χ0v) is 14.9. The van der Waals surface area contributed by atoms with Crippen LogP contribution in [0.1, 0.15) is 11.5 Å². The molecule has 0 unspecified atom stereocenters. The molecule has 134 valence electrons. The third-order valence-corrected chi connectivity index (χ3v) is 4.63. The minimum atomic E-state index is 0.658. The molecule has 1 aliphatic heterocycles. The van der Waals surface area contributed by atoms with Crippen molar-refractivity contribution in [2.45, 2.75) is 13.3 Å². The van der Waals surface area contributed by atoms with Crippen LogP contribution in [-0.4, -0.2) is 57.7 Å². The molecule has 3 heterocycles. The summed E-state index contributed by atoms with van der Waals surface area (Å²) in [7, 11) is 0. The van der Waals surface area contributed by atoms with Crippen LogP contribution in [-0.2, 0) is 6.42 Å². The highest BCUT2D eigenvalue weighted by Gasteiger charge is 2.19. The first-order valence-corrected chi connectivity index (χ1v) is 8.92. The lowest BCUT2D eigenvalue weighted by Crippen LogP contribution is -2.47. The van der Waals surface area contributed by atoms with Crippen LogP contribution in [0, 0.1) is 6.92 Å². The standard InChI is InChI=1S/C19H22N6O/c1-15-3-5-16(6-4-15)18-22-17(26-23-18)7-10-24-11-13-25(14-12-24)19-20-8-2-9-21-19/h2-6,8-9H,7,10-14H2,1H3. The van der Waals surface area contributed by atoms with E-state index in [1.807, 2.05) is 18.2 Å². The number of benzene rings is 1. The van der Waals surface area contributed by atoms with Crippen molar-refractivity contribution < 1.29 is 4.52 Å². The largest absolute Gasteiger partial charge is 0.339 e. The summed E-state index contributed by atoms with van der Waals surface area (Å²) >= 11 is 0. The Morgan fingerprint density at radius 3 is 2.46 bits per heavy atom. The van der Waals surface area contributed by atoms with Gasteiger partial charge in [0.1, 0.15) is 0 Å². The van der Waals surface area contributed by atoms with Crippen molar-refractivity contribution in [2.24, 2.45) is 0 Å². The van der Waals surface area contributed by atoms with Crippen molar-refractivity contribution in [3.8, 4) is 11.4 Å². The van der Waals surface area contributed by atoms with E-state index >= 15 is 0 Å². The zero-order chi connectivity index (χ0) is 17.8. The predicted molar refractivity (Wildman–Crippen MR) is 98.9 cm³/mol. The Balaban J connectivity index is 1.28. The minimum absolute atomic E-state index is 0.658. The maximum Gasteiger partial charge on any atom is 0.228 e.